The predicted octanol–water partition coefficient (Wildman–Crippen LogP) is 2.87. The van der Waals surface area contributed by atoms with E-state index in [9.17, 15) is 37.5 Å². The molecule has 1 fully saturated rings. The van der Waals surface area contributed by atoms with E-state index in [1.54, 1.807) is 20.2 Å². The van der Waals surface area contributed by atoms with Crippen LogP contribution in [0.4, 0.5) is 23.7 Å². The number of aliphatic carboxylic acids is 1. The second-order valence-corrected chi connectivity index (χ2v) is 8.37. The van der Waals surface area contributed by atoms with Gasteiger partial charge in [0.05, 0.1) is 23.1 Å². The number of aromatic nitrogens is 2. The minimum atomic E-state index is -4.63. The highest BCUT2D eigenvalue weighted by Gasteiger charge is 2.44. The number of alkyl halides is 3. The van der Waals surface area contributed by atoms with Gasteiger partial charge in [-0.15, -0.1) is 0 Å². The fraction of sp³-hybridized carbons (Fsp3) is 0.304. The Hall–Kier alpha value is -4.09. The van der Waals surface area contributed by atoms with Crippen LogP contribution in [0.2, 0.25) is 0 Å². The van der Waals surface area contributed by atoms with E-state index in [0.29, 0.717) is 15.9 Å². The first-order valence-electron chi connectivity index (χ1n) is 10.5. The van der Waals surface area contributed by atoms with Crippen molar-refractivity contribution < 1.29 is 32.7 Å². The molecule has 1 aliphatic rings. The van der Waals surface area contributed by atoms with Crippen molar-refractivity contribution in [1.29, 1.82) is 0 Å². The van der Waals surface area contributed by atoms with Crippen molar-refractivity contribution in [2.75, 3.05) is 11.4 Å². The van der Waals surface area contributed by atoms with Gasteiger partial charge >= 0.3 is 23.9 Å². The maximum Gasteiger partial charge on any atom is 0.416 e. The molecule has 12 heteroatoms. The first-order chi connectivity index (χ1) is 16.3. The third-order valence-electron chi connectivity index (χ3n) is 6.34. The second kappa shape index (κ2) is 8.29. The number of halogens is 3. The van der Waals surface area contributed by atoms with E-state index in [1.807, 2.05) is 0 Å². The molecule has 0 bridgehead atoms. The van der Waals surface area contributed by atoms with Gasteiger partial charge in [-0.25, -0.2) is 9.59 Å². The molecule has 1 aliphatic heterocycles. The Labute approximate surface area is 196 Å². The molecule has 184 valence electrons. The number of amides is 3. The van der Waals surface area contributed by atoms with Gasteiger partial charge in [0.2, 0.25) is 5.91 Å². The largest absolute Gasteiger partial charge is 0.481 e. The fourth-order valence-corrected chi connectivity index (χ4v) is 4.31. The van der Waals surface area contributed by atoms with E-state index >= 15 is 0 Å². The third-order valence-corrected chi connectivity index (χ3v) is 6.34. The van der Waals surface area contributed by atoms with E-state index in [0.717, 1.165) is 11.0 Å². The summed E-state index contributed by atoms with van der Waals surface area (Å²) in [5.41, 5.74) is -0.0110. The van der Waals surface area contributed by atoms with Crippen molar-refractivity contribution in [3.05, 3.63) is 63.6 Å². The van der Waals surface area contributed by atoms with E-state index in [-0.39, 0.29) is 22.5 Å². The quantitative estimate of drug-likeness (QED) is 0.567. The van der Waals surface area contributed by atoms with Gasteiger partial charge < -0.3 is 5.11 Å². The lowest BCUT2D eigenvalue weighted by molar-refractivity contribution is -0.150. The molecule has 2 aromatic carbocycles. The van der Waals surface area contributed by atoms with Gasteiger partial charge in [0.15, 0.2) is 5.92 Å². The number of hydrogen-bond donors (Lipinski definition) is 1. The van der Waals surface area contributed by atoms with Crippen LogP contribution in [-0.4, -0.2) is 43.6 Å². The number of imide groups is 1. The first-order valence-corrected chi connectivity index (χ1v) is 10.5. The Bertz CT molecular complexity index is 1440. The summed E-state index contributed by atoms with van der Waals surface area (Å²) in [5.74, 6) is -4.09. The number of hydrogen-bond acceptors (Lipinski definition) is 4. The lowest BCUT2D eigenvalue weighted by atomic mass is 9.99. The number of rotatable bonds is 4. The molecule has 0 aliphatic carbocycles. The molecule has 1 unspecified atom stereocenters. The Morgan fingerprint density at radius 2 is 1.71 bits per heavy atom. The highest BCUT2D eigenvalue weighted by Crippen LogP contribution is 2.34. The van der Waals surface area contributed by atoms with Crippen molar-refractivity contribution in [3.8, 4) is 0 Å². The highest BCUT2D eigenvalue weighted by atomic mass is 19.4. The van der Waals surface area contributed by atoms with Gasteiger partial charge in [0, 0.05) is 26.3 Å². The normalized spacial score (nSPS) is 16.9. The summed E-state index contributed by atoms with van der Waals surface area (Å²) in [6.45, 7) is 0.241. The zero-order chi connectivity index (χ0) is 25.8. The van der Waals surface area contributed by atoms with Crippen molar-refractivity contribution in [2.45, 2.75) is 19.6 Å². The van der Waals surface area contributed by atoms with Gasteiger partial charge in [-0.05, 0) is 42.3 Å². The second-order valence-electron chi connectivity index (χ2n) is 8.37. The molecule has 1 aromatic heterocycles. The average Bonchev–Trinajstić information content (AvgIpc) is 3.00. The lowest BCUT2D eigenvalue weighted by Crippen LogP contribution is -2.58. The average molecular weight is 490 g/mol. The minimum absolute atomic E-state index is 0.0634. The molecule has 35 heavy (non-hydrogen) atoms. The van der Waals surface area contributed by atoms with Crippen LogP contribution >= 0.6 is 0 Å². The van der Waals surface area contributed by atoms with Crippen molar-refractivity contribution in [3.63, 3.8) is 0 Å². The number of carbonyl (C=O) groups excluding carboxylic acids is 2. The highest BCUT2D eigenvalue weighted by molar-refractivity contribution is 6.12. The van der Waals surface area contributed by atoms with Crippen LogP contribution in [0, 0.1) is 12.8 Å². The molecule has 0 spiro atoms. The SMILES string of the molecule is Cc1c(CN2C(=O)C(C(=O)O)CN(c3ccc4c(c3)n(C)c(=O)n4C)C2=O)cccc1C(F)(F)F. The van der Waals surface area contributed by atoms with Crippen molar-refractivity contribution >= 4 is 34.6 Å². The number of carboxylic acid groups (broad SMARTS) is 1. The summed E-state index contributed by atoms with van der Waals surface area (Å²) in [7, 11) is 3.12. The minimum Gasteiger partial charge on any atom is -0.481 e. The summed E-state index contributed by atoms with van der Waals surface area (Å²) in [6.07, 6.45) is -4.63. The molecule has 0 saturated carbocycles. The molecule has 0 radical (unpaired) electrons. The number of carbonyl (C=O) groups is 3. The van der Waals surface area contributed by atoms with E-state index in [2.05, 4.69) is 0 Å². The van der Waals surface area contributed by atoms with Crippen molar-refractivity contribution in [1.82, 2.24) is 14.0 Å². The number of fused-ring (bicyclic) bond motifs is 1. The fourth-order valence-electron chi connectivity index (χ4n) is 4.31. The number of carboxylic acids is 1. The van der Waals surface area contributed by atoms with Gasteiger partial charge in [-0.3, -0.25) is 28.5 Å². The topological polar surface area (TPSA) is 105 Å². The van der Waals surface area contributed by atoms with Gasteiger partial charge in [-0.2, -0.15) is 13.2 Å². The van der Waals surface area contributed by atoms with Crippen LogP contribution in [0.3, 0.4) is 0 Å². The molecule has 3 amide bonds. The molecular weight excluding hydrogens is 469 g/mol. The number of imidazole rings is 1. The van der Waals surface area contributed by atoms with E-state index in [4.69, 9.17) is 0 Å². The number of benzene rings is 2. The number of nitrogens with zero attached hydrogens (tertiary/aromatic N) is 4. The van der Waals surface area contributed by atoms with Gasteiger partial charge in [0.1, 0.15) is 0 Å². The Balaban J connectivity index is 1.77. The first kappa shape index (κ1) is 24.0. The van der Waals surface area contributed by atoms with Crippen LogP contribution in [0.5, 0.6) is 0 Å². The molecule has 9 nitrogen and oxygen atoms in total. The van der Waals surface area contributed by atoms with Crippen molar-refractivity contribution in [2.24, 2.45) is 20.0 Å². The zero-order valence-corrected chi connectivity index (χ0v) is 19.0. The monoisotopic (exact) mass is 490 g/mol. The van der Waals surface area contributed by atoms with Gasteiger partial charge in [-0.1, -0.05) is 12.1 Å². The molecule has 1 atom stereocenters. The van der Waals surface area contributed by atoms with Crippen LogP contribution in [0.25, 0.3) is 11.0 Å². The predicted molar refractivity (Wildman–Crippen MR) is 119 cm³/mol. The number of aryl methyl sites for hydroxylation is 2. The molecular formula is C23H21F3N4O5. The van der Waals surface area contributed by atoms with E-state index < -0.39 is 48.7 Å². The summed E-state index contributed by atoms with van der Waals surface area (Å²) < 4.78 is 42.8. The van der Waals surface area contributed by atoms with Crippen LogP contribution < -0.4 is 10.6 Å². The summed E-state index contributed by atoms with van der Waals surface area (Å²) >= 11 is 0. The lowest BCUT2D eigenvalue weighted by Gasteiger charge is -2.37. The smallest absolute Gasteiger partial charge is 0.416 e. The summed E-state index contributed by atoms with van der Waals surface area (Å²) in [6, 6.07) is 7.17. The Morgan fingerprint density at radius 1 is 1.06 bits per heavy atom. The zero-order valence-electron chi connectivity index (χ0n) is 19.0. The third kappa shape index (κ3) is 3.94. The van der Waals surface area contributed by atoms with Crippen LogP contribution in [0.15, 0.2) is 41.2 Å². The summed E-state index contributed by atoms with van der Waals surface area (Å²) in [5, 5.41) is 9.62. The van der Waals surface area contributed by atoms with E-state index in [1.165, 1.54) is 40.3 Å². The number of urea groups is 1. The molecule has 3 aromatic rings. The van der Waals surface area contributed by atoms with Gasteiger partial charge in [0.25, 0.3) is 0 Å². The molecule has 1 saturated heterocycles. The molecule has 1 N–H and O–H groups in total. The molecule has 2 heterocycles. The maximum absolute atomic E-state index is 13.3. The Morgan fingerprint density at radius 3 is 2.34 bits per heavy atom. The summed E-state index contributed by atoms with van der Waals surface area (Å²) in [4.78, 5) is 52.0. The standard InChI is InChI=1S/C23H21F3N4O5/c1-12-13(5-4-6-16(12)23(24,25)26)10-30-19(31)15(20(32)33)11-29(22(30)35)14-7-8-17-18(9-14)28(3)21(34)27(17)2/h4-9,15H,10-11H2,1-3H3,(H,32,33). The Kier molecular flexibility index (Phi) is 5.70. The number of anilines is 1. The van der Waals surface area contributed by atoms with Crippen LogP contribution in [0.1, 0.15) is 16.7 Å². The molecule has 4 rings (SSSR count). The maximum atomic E-state index is 13.3. The van der Waals surface area contributed by atoms with Crippen LogP contribution in [-0.2, 0) is 36.4 Å².